The lowest BCUT2D eigenvalue weighted by Crippen LogP contribution is -2.21. The third kappa shape index (κ3) is 3.47. The van der Waals surface area contributed by atoms with Crippen molar-refractivity contribution in [1.29, 1.82) is 0 Å². The van der Waals surface area contributed by atoms with E-state index in [-0.39, 0.29) is 0 Å². The molecule has 0 aliphatic heterocycles. The number of thiazole rings is 1. The summed E-state index contributed by atoms with van der Waals surface area (Å²) >= 11 is 5.30. The molecule has 6 heteroatoms. The van der Waals surface area contributed by atoms with Crippen LogP contribution in [0, 0.1) is 0 Å². The fourth-order valence-corrected chi connectivity index (χ4v) is 4.96. The molecule has 144 valence electrons. The Morgan fingerprint density at radius 3 is 2.61 bits per heavy atom. The van der Waals surface area contributed by atoms with Crippen LogP contribution in [0.15, 0.2) is 45.9 Å². The fraction of sp³-hybridized carbons (Fsp3) is 0.273. The highest BCUT2D eigenvalue weighted by molar-refractivity contribution is 9.10. The number of anilines is 1. The van der Waals surface area contributed by atoms with Gasteiger partial charge >= 0.3 is 0 Å². The van der Waals surface area contributed by atoms with Crippen molar-refractivity contribution in [3.63, 3.8) is 0 Å². The molecule has 2 aromatic carbocycles. The first-order valence-electron chi connectivity index (χ1n) is 9.39. The standard InChI is InChI=1S/C22H22BrN3OS/c1-4-26(5-2)15-8-6-14(7-9-15)13-24-22-25-21-19(28-22)12-16-17(23)10-11-18(27-3)20(16)21/h6-11,13H,4-5,12H2,1-3H3. The number of ether oxygens (including phenoxy) is 1. The molecule has 0 radical (unpaired) electrons. The molecule has 0 bridgehead atoms. The molecule has 1 aliphatic rings. The van der Waals surface area contributed by atoms with E-state index in [0.29, 0.717) is 0 Å². The van der Waals surface area contributed by atoms with Gasteiger partial charge in [-0.2, -0.15) is 0 Å². The maximum Gasteiger partial charge on any atom is 0.209 e. The summed E-state index contributed by atoms with van der Waals surface area (Å²) in [4.78, 5) is 13.0. The molecule has 0 amide bonds. The van der Waals surface area contributed by atoms with Crippen molar-refractivity contribution in [3.05, 3.63) is 56.9 Å². The van der Waals surface area contributed by atoms with Crippen molar-refractivity contribution in [3.8, 4) is 17.0 Å². The topological polar surface area (TPSA) is 37.7 Å². The van der Waals surface area contributed by atoms with Crippen LogP contribution in [0.4, 0.5) is 10.8 Å². The summed E-state index contributed by atoms with van der Waals surface area (Å²) in [5, 5.41) is 0.783. The summed E-state index contributed by atoms with van der Waals surface area (Å²) in [6.07, 6.45) is 2.76. The van der Waals surface area contributed by atoms with Crippen molar-refractivity contribution in [2.45, 2.75) is 20.3 Å². The molecule has 1 heterocycles. The number of halogens is 1. The highest BCUT2D eigenvalue weighted by Crippen LogP contribution is 2.48. The van der Waals surface area contributed by atoms with Crippen molar-refractivity contribution in [2.24, 2.45) is 4.99 Å². The Hall–Kier alpha value is -2.18. The Kier molecular flexibility index (Phi) is 5.51. The van der Waals surface area contributed by atoms with Crippen LogP contribution in [0.5, 0.6) is 5.75 Å². The lowest BCUT2D eigenvalue weighted by Gasteiger charge is -2.20. The normalized spacial score (nSPS) is 12.3. The van der Waals surface area contributed by atoms with E-state index < -0.39 is 0 Å². The molecule has 0 spiro atoms. The van der Waals surface area contributed by atoms with E-state index in [4.69, 9.17) is 9.72 Å². The van der Waals surface area contributed by atoms with Gasteiger partial charge in [-0.3, -0.25) is 0 Å². The Morgan fingerprint density at radius 1 is 1.18 bits per heavy atom. The van der Waals surface area contributed by atoms with Crippen LogP contribution in [-0.4, -0.2) is 31.4 Å². The molecule has 4 rings (SSSR count). The van der Waals surface area contributed by atoms with E-state index in [1.165, 1.54) is 16.1 Å². The Balaban J connectivity index is 1.58. The van der Waals surface area contributed by atoms with Crippen LogP contribution in [0.1, 0.15) is 29.9 Å². The summed E-state index contributed by atoms with van der Waals surface area (Å²) < 4.78 is 6.66. The molecule has 28 heavy (non-hydrogen) atoms. The van der Waals surface area contributed by atoms with Crippen LogP contribution in [-0.2, 0) is 6.42 Å². The Labute approximate surface area is 178 Å². The maximum atomic E-state index is 5.56. The van der Waals surface area contributed by atoms with Crippen LogP contribution in [0.3, 0.4) is 0 Å². The van der Waals surface area contributed by atoms with Gasteiger partial charge in [0.2, 0.25) is 5.13 Å². The minimum atomic E-state index is 0.783. The number of hydrogen-bond donors (Lipinski definition) is 0. The van der Waals surface area contributed by atoms with Crippen LogP contribution < -0.4 is 9.64 Å². The van der Waals surface area contributed by atoms with Gasteiger partial charge in [0, 0.05) is 46.3 Å². The van der Waals surface area contributed by atoms with Gasteiger partial charge in [0.15, 0.2) is 0 Å². The third-order valence-electron chi connectivity index (χ3n) is 5.04. The lowest BCUT2D eigenvalue weighted by molar-refractivity contribution is 0.416. The second kappa shape index (κ2) is 8.05. The van der Waals surface area contributed by atoms with E-state index in [9.17, 15) is 0 Å². The number of rotatable bonds is 6. The summed E-state index contributed by atoms with van der Waals surface area (Å²) in [5.41, 5.74) is 5.66. The molecule has 0 atom stereocenters. The molecule has 0 saturated carbocycles. The molecule has 0 N–H and O–H groups in total. The number of nitrogens with zero attached hydrogens (tertiary/aromatic N) is 3. The van der Waals surface area contributed by atoms with Gasteiger partial charge in [-0.05, 0) is 49.2 Å². The maximum absolute atomic E-state index is 5.56. The lowest BCUT2D eigenvalue weighted by atomic mass is 10.1. The average Bonchev–Trinajstić information content (AvgIpc) is 3.27. The summed E-state index contributed by atoms with van der Waals surface area (Å²) in [6.45, 7) is 6.36. The Morgan fingerprint density at radius 2 is 1.93 bits per heavy atom. The number of aromatic nitrogens is 1. The number of aliphatic imine (C=N–C) groups is 1. The first-order valence-corrected chi connectivity index (χ1v) is 11.0. The van der Waals surface area contributed by atoms with Crippen molar-refractivity contribution < 1.29 is 4.74 Å². The zero-order valence-corrected chi connectivity index (χ0v) is 18.6. The van der Waals surface area contributed by atoms with E-state index >= 15 is 0 Å². The van der Waals surface area contributed by atoms with Gasteiger partial charge in [0.25, 0.3) is 0 Å². The SMILES string of the molecule is CCN(CC)c1ccc(C=Nc2nc3c(s2)Cc2c(Br)ccc(OC)c2-3)cc1. The van der Waals surface area contributed by atoms with Crippen molar-refractivity contribution >= 4 is 44.3 Å². The zero-order valence-electron chi connectivity index (χ0n) is 16.2. The molecular formula is C22H22BrN3OS. The van der Waals surface area contributed by atoms with Gasteiger partial charge < -0.3 is 9.64 Å². The van der Waals surface area contributed by atoms with Crippen molar-refractivity contribution in [1.82, 2.24) is 4.98 Å². The predicted molar refractivity (Wildman–Crippen MR) is 122 cm³/mol. The molecule has 0 saturated heterocycles. The molecule has 1 aliphatic carbocycles. The molecule has 4 nitrogen and oxygen atoms in total. The van der Waals surface area contributed by atoms with Crippen LogP contribution >= 0.6 is 27.3 Å². The number of methoxy groups -OCH3 is 1. The molecule has 0 fully saturated rings. The average molecular weight is 456 g/mol. The van der Waals surface area contributed by atoms with E-state index in [0.717, 1.165) is 51.7 Å². The zero-order chi connectivity index (χ0) is 19.7. The van der Waals surface area contributed by atoms with E-state index in [1.807, 2.05) is 18.3 Å². The minimum Gasteiger partial charge on any atom is -0.496 e. The monoisotopic (exact) mass is 455 g/mol. The van der Waals surface area contributed by atoms with Gasteiger partial charge in [0.05, 0.1) is 12.8 Å². The second-order valence-corrected chi connectivity index (χ2v) is 8.49. The summed E-state index contributed by atoms with van der Waals surface area (Å²) in [6, 6.07) is 12.5. The fourth-order valence-electron chi connectivity index (χ4n) is 3.56. The summed E-state index contributed by atoms with van der Waals surface area (Å²) in [7, 11) is 1.70. The quantitative estimate of drug-likeness (QED) is 0.330. The summed E-state index contributed by atoms with van der Waals surface area (Å²) in [5.74, 6) is 0.866. The van der Waals surface area contributed by atoms with E-state index in [1.54, 1.807) is 18.4 Å². The molecule has 3 aromatic rings. The first-order chi connectivity index (χ1) is 13.6. The van der Waals surface area contributed by atoms with Gasteiger partial charge in [0.1, 0.15) is 5.75 Å². The third-order valence-corrected chi connectivity index (χ3v) is 6.75. The van der Waals surface area contributed by atoms with Gasteiger partial charge in [-0.15, -0.1) is 0 Å². The van der Waals surface area contributed by atoms with Crippen LogP contribution in [0.25, 0.3) is 11.3 Å². The molecule has 0 unspecified atom stereocenters. The predicted octanol–water partition coefficient (Wildman–Crippen LogP) is 6.08. The van der Waals surface area contributed by atoms with Gasteiger partial charge in [-0.1, -0.05) is 39.4 Å². The van der Waals surface area contributed by atoms with Gasteiger partial charge in [-0.25, -0.2) is 9.98 Å². The second-order valence-electron chi connectivity index (χ2n) is 6.57. The smallest absolute Gasteiger partial charge is 0.209 e. The van der Waals surface area contributed by atoms with Crippen molar-refractivity contribution in [2.75, 3.05) is 25.1 Å². The van der Waals surface area contributed by atoms with Crippen LogP contribution in [0.2, 0.25) is 0 Å². The number of hydrogen-bond acceptors (Lipinski definition) is 5. The first kappa shape index (κ1) is 19.2. The van der Waals surface area contributed by atoms with E-state index in [2.05, 4.69) is 63.9 Å². The molecular weight excluding hydrogens is 434 g/mol. The minimum absolute atomic E-state index is 0.783. The molecule has 1 aromatic heterocycles. The number of fused-ring (bicyclic) bond motifs is 3. The number of benzene rings is 2. The highest BCUT2D eigenvalue weighted by Gasteiger charge is 2.28. The Bertz CT molecular complexity index is 1020. The highest BCUT2D eigenvalue weighted by atomic mass is 79.9. The largest absolute Gasteiger partial charge is 0.496 e.